The highest BCUT2D eigenvalue weighted by molar-refractivity contribution is 6.44. The Labute approximate surface area is 109 Å². The van der Waals surface area contributed by atoms with Crippen molar-refractivity contribution >= 4 is 23.7 Å². The van der Waals surface area contributed by atoms with Crippen LogP contribution >= 0.6 is 0 Å². The highest BCUT2D eigenvalue weighted by Crippen LogP contribution is 2.21. The molecule has 0 unspecified atom stereocenters. The molecule has 1 atom stereocenters. The molecular weight excluding hydrogens is 256 g/mol. The van der Waals surface area contributed by atoms with Gasteiger partial charge >= 0.3 is 12.1 Å². The summed E-state index contributed by atoms with van der Waals surface area (Å²) in [5.74, 6) is -1.65. The molecule has 2 amide bonds. The van der Waals surface area contributed by atoms with Gasteiger partial charge in [0, 0.05) is 6.42 Å². The lowest BCUT2D eigenvalue weighted by Gasteiger charge is -2.25. The predicted molar refractivity (Wildman–Crippen MR) is 62.7 cm³/mol. The van der Waals surface area contributed by atoms with Crippen molar-refractivity contribution in [2.45, 2.75) is 38.8 Å². The Balaban J connectivity index is 3.02. The van der Waals surface area contributed by atoms with Gasteiger partial charge in [0.2, 0.25) is 0 Å². The second-order valence-corrected chi connectivity index (χ2v) is 4.95. The van der Waals surface area contributed by atoms with Crippen molar-refractivity contribution < 1.29 is 29.1 Å². The molecule has 0 bridgehead atoms. The number of nitrogens with zero attached hydrogens (tertiary/aromatic N) is 2. The van der Waals surface area contributed by atoms with Gasteiger partial charge in [0.1, 0.15) is 17.4 Å². The van der Waals surface area contributed by atoms with Crippen molar-refractivity contribution in [2.24, 2.45) is 5.16 Å². The smallest absolute Gasteiger partial charge is 0.418 e. The molecule has 0 spiro atoms. The Morgan fingerprint density at radius 3 is 2.42 bits per heavy atom. The lowest BCUT2D eigenvalue weighted by Crippen LogP contribution is -2.46. The Morgan fingerprint density at radius 2 is 2.00 bits per heavy atom. The fourth-order valence-corrected chi connectivity index (χ4v) is 1.57. The van der Waals surface area contributed by atoms with E-state index in [0.717, 1.165) is 7.11 Å². The summed E-state index contributed by atoms with van der Waals surface area (Å²) in [6, 6.07) is -1.17. The minimum atomic E-state index is -1.17. The third kappa shape index (κ3) is 3.21. The number of imide groups is 1. The second kappa shape index (κ2) is 5.25. The molecule has 0 saturated carbocycles. The number of rotatable bonds is 1. The lowest BCUT2D eigenvalue weighted by molar-refractivity contribution is -0.148. The van der Waals surface area contributed by atoms with Gasteiger partial charge in [-0.05, 0) is 20.8 Å². The summed E-state index contributed by atoms with van der Waals surface area (Å²) in [6.45, 7) is 4.87. The zero-order valence-electron chi connectivity index (χ0n) is 11.2. The van der Waals surface area contributed by atoms with E-state index in [1.807, 2.05) is 0 Å². The molecular formula is C11H16N2O6. The van der Waals surface area contributed by atoms with Crippen molar-refractivity contribution in [3.8, 4) is 0 Å². The van der Waals surface area contributed by atoms with Crippen LogP contribution < -0.4 is 0 Å². The maximum atomic E-state index is 11.9. The topological polar surface area (TPSA) is 106 Å². The van der Waals surface area contributed by atoms with Gasteiger partial charge in [-0.25, -0.2) is 14.5 Å². The molecule has 106 valence electrons. The predicted octanol–water partition coefficient (Wildman–Crippen LogP) is 0.526. The van der Waals surface area contributed by atoms with Crippen molar-refractivity contribution in [1.29, 1.82) is 0 Å². The number of carbonyl (C=O) groups excluding carboxylic acids is 3. The van der Waals surface area contributed by atoms with Crippen LogP contribution in [0.2, 0.25) is 0 Å². The third-order valence-corrected chi connectivity index (χ3v) is 2.35. The SMILES string of the molecule is COC(=O)[C@@H]1C/C(=N\O)C(=O)N1C(=O)OC(C)(C)C. The molecule has 0 aliphatic carbocycles. The molecule has 1 N–H and O–H groups in total. The van der Waals surface area contributed by atoms with Gasteiger partial charge in [0.15, 0.2) is 0 Å². The van der Waals surface area contributed by atoms with Crippen molar-refractivity contribution in [2.75, 3.05) is 7.11 Å². The molecule has 1 heterocycles. The number of carbonyl (C=O) groups is 3. The molecule has 8 heteroatoms. The van der Waals surface area contributed by atoms with Crippen LogP contribution in [0.4, 0.5) is 4.79 Å². The molecule has 8 nitrogen and oxygen atoms in total. The van der Waals surface area contributed by atoms with Gasteiger partial charge in [-0.3, -0.25) is 4.79 Å². The van der Waals surface area contributed by atoms with Gasteiger partial charge in [-0.2, -0.15) is 0 Å². The first-order valence-corrected chi connectivity index (χ1v) is 5.56. The van der Waals surface area contributed by atoms with E-state index in [4.69, 9.17) is 9.94 Å². The first-order chi connectivity index (χ1) is 8.71. The number of oxime groups is 1. The first kappa shape index (κ1) is 14.9. The fraction of sp³-hybridized carbons (Fsp3) is 0.636. The molecule has 1 aliphatic rings. The maximum absolute atomic E-state index is 11.9. The van der Waals surface area contributed by atoms with Crippen LogP contribution in [0.25, 0.3) is 0 Å². The normalized spacial score (nSPS) is 21.7. The van der Waals surface area contributed by atoms with E-state index in [2.05, 4.69) is 9.89 Å². The van der Waals surface area contributed by atoms with Crippen LogP contribution in [0.5, 0.6) is 0 Å². The summed E-state index contributed by atoms with van der Waals surface area (Å²) in [6.07, 6.45) is -1.19. The summed E-state index contributed by atoms with van der Waals surface area (Å²) in [5, 5.41) is 11.5. The van der Waals surface area contributed by atoms with Gasteiger partial charge in [0.25, 0.3) is 5.91 Å². The van der Waals surface area contributed by atoms with Gasteiger partial charge in [0.05, 0.1) is 7.11 Å². The van der Waals surface area contributed by atoms with Gasteiger partial charge < -0.3 is 14.7 Å². The molecule has 1 aliphatic heterocycles. The number of ether oxygens (including phenoxy) is 2. The summed E-state index contributed by atoms with van der Waals surface area (Å²) in [7, 11) is 1.13. The lowest BCUT2D eigenvalue weighted by atomic mass is 10.2. The van der Waals surface area contributed by atoms with E-state index >= 15 is 0 Å². The van der Waals surface area contributed by atoms with Gasteiger partial charge in [-0.1, -0.05) is 5.16 Å². The first-order valence-electron chi connectivity index (χ1n) is 5.56. The van der Waals surface area contributed by atoms with E-state index in [1.165, 1.54) is 0 Å². The minimum absolute atomic E-state index is 0.207. The van der Waals surface area contributed by atoms with Crippen LogP contribution in [0.15, 0.2) is 5.16 Å². The average Bonchev–Trinajstić information content (AvgIpc) is 2.63. The Bertz CT molecular complexity index is 437. The molecule has 0 aromatic heterocycles. The summed E-state index contributed by atoms with van der Waals surface area (Å²) >= 11 is 0. The summed E-state index contributed by atoms with van der Waals surface area (Å²) < 4.78 is 9.54. The summed E-state index contributed by atoms with van der Waals surface area (Å²) in [4.78, 5) is 35.9. The van der Waals surface area contributed by atoms with E-state index in [0.29, 0.717) is 4.90 Å². The Hall–Kier alpha value is -2.12. The number of hydrogen-bond acceptors (Lipinski definition) is 7. The van der Waals surface area contributed by atoms with Crippen molar-refractivity contribution in [3.05, 3.63) is 0 Å². The zero-order valence-corrected chi connectivity index (χ0v) is 11.2. The Morgan fingerprint density at radius 1 is 1.42 bits per heavy atom. The maximum Gasteiger partial charge on any atom is 0.418 e. The van der Waals surface area contributed by atoms with E-state index < -0.39 is 29.6 Å². The Kier molecular flexibility index (Phi) is 4.13. The average molecular weight is 272 g/mol. The molecule has 0 radical (unpaired) electrons. The van der Waals surface area contributed by atoms with Crippen molar-refractivity contribution in [1.82, 2.24) is 4.90 Å². The molecule has 1 saturated heterocycles. The molecule has 19 heavy (non-hydrogen) atoms. The van der Waals surface area contributed by atoms with E-state index in [-0.39, 0.29) is 12.1 Å². The second-order valence-electron chi connectivity index (χ2n) is 4.95. The number of likely N-dealkylation sites (tertiary alicyclic amines) is 1. The van der Waals surface area contributed by atoms with E-state index in [9.17, 15) is 14.4 Å². The molecule has 0 aromatic rings. The highest BCUT2D eigenvalue weighted by Gasteiger charge is 2.47. The minimum Gasteiger partial charge on any atom is -0.467 e. The number of amides is 2. The van der Waals surface area contributed by atoms with Crippen LogP contribution in [0.3, 0.4) is 0 Å². The van der Waals surface area contributed by atoms with Crippen LogP contribution in [-0.4, -0.2) is 52.5 Å². The van der Waals surface area contributed by atoms with Crippen LogP contribution in [0, 0.1) is 0 Å². The molecule has 0 aromatic carbocycles. The highest BCUT2D eigenvalue weighted by atomic mass is 16.6. The standard InChI is InChI=1S/C11H16N2O6/c1-11(2,3)19-10(16)13-7(9(15)18-4)5-6(12-17)8(13)14/h7,17H,5H2,1-4H3/b12-6+/t7-/m0/s1. The fourth-order valence-electron chi connectivity index (χ4n) is 1.57. The van der Waals surface area contributed by atoms with E-state index in [1.54, 1.807) is 20.8 Å². The molecule has 1 rings (SSSR count). The monoisotopic (exact) mass is 272 g/mol. The van der Waals surface area contributed by atoms with Crippen molar-refractivity contribution in [3.63, 3.8) is 0 Å². The number of esters is 1. The van der Waals surface area contributed by atoms with Gasteiger partial charge in [-0.15, -0.1) is 0 Å². The largest absolute Gasteiger partial charge is 0.467 e. The summed E-state index contributed by atoms with van der Waals surface area (Å²) in [5.41, 5.74) is -1.11. The third-order valence-electron chi connectivity index (χ3n) is 2.35. The number of methoxy groups -OCH3 is 1. The number of hydrogen-bond donors (Lipinski definition) is 1. The quantitative estimate of drug-likeness (QED) is 0.424. The molecule has 1 fully saturated rings. The van der Waals surface area contributed by atoms with Crippen LogP contribution in [-0.2, 0) is 19.1 Å². The van der Waals surface area contributed by atoms with Crippen LogP contribution in [0.1, 0.15) is 27.2 Å². The zero-order chi connectivity index (χ0) is 14.8.